The maximum Gasteiger partial charge on any atom is 0.245 e. The molecule has 0 spiro atoms. The Kier molecular flexibility index (Phi) is 5.01. The highest BCUT2D eigenvalue weighted by Gasteiger charge is 2.28. The van der Waals surface area contributed by atoms with Crippen LogP contribution in [0.5, 0.6) is 0 Å². The van der Waals surface area contributed by atoms with Crippen molar-refractivity contribution in [3.05, 3.63) is 22.2 Å². The quantitative estimate of drug-likeness (QED) is 0.739. The third-order valence-corrected chi connectivity index (χ3v) is 4.12. The number of carbonyl (C=O) groups is 1. The van der Waals surface area contributed by atoms with Crippen LogP contribution < -0.4 is 16.0 Å². The minimum atomic E-state index is -0.600. The Morgan fingerprint density at radius 3 is 2.85 bits per heavy atom. The van der Waals surface area contributed by atoms with Gasteiger partial charge in [0.15, 0.2) is 0 Å². The number of anilines is 2. The molecular formula is C14H20BrN3O2. The van der Waals surface area contributed by atoms with E-state index in [4.69, 9.17) is 5.73 Å². The van der Waals surface area contributed by atoms with E-state index in [1.165, 1.54) is 0 Å². The van der Waals surface area contributed by atoms with Crippen molar-refractivity contribution in [2.45, 2.75) is 25.8 Å². The van der Waals surface area contributed by atoms with Crippen LogP contribution in [0.25, 0.3) is 0 Å². The van der Waals surface area contributed by atoms with Crippen LogP contribution in [0.1, 0.15) is 31.4 Å². The Morgan fingerprint density at radius 2 is 2.20 bits per heavy atom. The Labute approximate surface area is 127 Å². The van der Waals surface area contributed by atoms with E-state index in [1.807, 2.05) is 12.1 Å². The smallest absolute Gasteiger partial charge is 0.245 e. The van der Waals surface area contributed by atoms with Gasteiger partial charge < -0.3 is 21.1 Å². The second-order valence-corrected chi connectivity index (χ2v) is 5.78. The normalized spacial score (nSPS) is 17.0. The molecule has 0 bridgehead atoms. The number of aliphatic hydroxyl groups is 1. The van der Waals surface area contributed by atoms with Gasteiger partial charge in [-0.3, -0.25) is 4.79 Å². The van der Waals surface area contributed by atoms with E-state index in [0.29, 0.717) is 6.54 Å². The summed E-state index contributed by atoms with van der Waals surface area (Å²) in [4.78, 5) is 13.7. The Hall–Kier alpha value is -1.11. The van der Waals surface area contributed by atoms with Crippen molar-refractivity contribution in [1.82, 2.24) is 0 Å². The highest BCUT2D eigenvalue weighted by Crippen LogP contribution is 2.38. The molecule has 1 heterocycles. The molecule has 1 aliphatic heterocycles. The van der Waals surface area contributed by atoms with Crippen molar-refractivity contribution in [2.75, 3.05) is 29.9 Å². The van der Waals surface area contributed by atoms with Crippen LogP contribution in [0.2, 0.25) is 0 Å². The van der Waals surface area contributed by atoms with E-state index in [-0.39, 0.29) is 12.5 Å². The fourth-order valence-electron chi connectivity index (χ4n) is 2.36. The molecule has 6 heteroatoms. The summed E-state index contributed by atoms with van der Waals surface area (Å²) in [7, 11) is 0. The average molecular weight is 342 g/mol. The summed E-state index contributed by atoms with van der Waals surface area (Å²) in [6.07, 6.45) is 2.14. The molecule has 0 saturated heterocycles. The lowest BCUT2D eigenvalue weighted by Gasteiger charge is -2.25. The third-order valence-electron chi connectivity index (χ3n) is 3.49. The summed E-state index contributed by atoms with van der Waals surface area (Å²) in [5.41, 5.74) is 8.38. The Morgan fingerprint density at radius 1 is 1.45 bits per heavy atom. The van der Waals surface area contributed by atoms with E-state index < -0.39 is 6.04 Å². The van der Waals surface area contributed by atoms with Crippen molar-refractivity contribution >= 4 is 33.2 Å². The lowest BCUT2D eigenvalue weighted by atomic mass is 10.1. The molecule has 1 atom stereocenters. The Balaban J connectivity index is 2.32. The monoisotopic (exact) mass is 341 g/mol. The predicted octanol–water partition coefficient (Wildman–Crippen LogP) is 2.00. The first-order valence-electron chi connectivity index (χ1n) is 6.84. The van der Waals surface area contributed by atoms with E-state index in [0.717, 1.165) is 40.8 Å². The number of fused-ring (bicyclic) bond motifs is 1. The number of hydrogen-bond acceptors (Lipinski definition) is 4. The van der Waals surface area contributed by atoms with Crippen molar-refractivity contribution < 1.29 is 9.90 Å². The first-order valence-corrected chi connectivity index (χ1v) is 7.63. The molecule has 4 N–H and O–H groups in total. The minimum Gasteiger partial charge on any atom is -0.395 e. The van der Waals surface area contributed by atoms with Gasteiger partial charge in [0.1, 0.15) is 6.04 Å². The number of amides is 1. The first-order chi connectivity index (χ1) is 9.58. The van der Waals surface area contributed by atoms with Gasteiger partial charge in [0.25, 0.3) is 0 Å². The molecule has 1 aromatic rings. The summed E-state index contributed by atoms with van der Waals surface area (Å²) < 4.78 is 0.896. The lowest BCUT2D eigenvalue weighted by molar-refractivity contribution is -0.116. The van der Waals surface area contributed by atoms with Crippen LogP contribution in [-0.4, -0.2) is 30.7 Å². The molecule has 1 aromatic carbocycles. The highest BCUT2D eigenvalue weighted by molar-refractivity contribution is 9.10. The SMILES string of the molecule is CCCCN(CCO)c1cc2c(cc1Br)C(N)C(=O)N2. The standard InChI is InChI=1S/C14H20BrN3O2/c1-2-3-4-18(5-6-19)12-8-11-9(7-10(12)15)13(16)14(20)17-11/h7-8,13,19H,2-6,16H2,1H3,(H,17,20). The van der Waals surface area contributed by atoms with E-state index in [1.54, 1.807) is 0 Å². The van der Waals surface area contributed by atoms with Gasteiger partial charge in [-0.1, -0.05) is 13.3 Å². The van der Waals surface area contributed by atoms with Crippen LogP contribution in [-0.2, 0) is 4.79 Å². The maximum absolute atomic E-state index is 11.6. The zero-order valence-corrected chi connectivity index (χ0v) is 13.1. The molecule has 0 aromatic heterocycles. The molecule has 0 aliphatic carbocycles. The minimum absolute atomic E-state index is 0.0963. The second-order valence-electron chi connectivity index (χ2n) is 4.92. The zero-order chi connectivity index (χ0) is 14.7. The van der Waals surface area contributed by atoms with Gasteiger partial charge in [-0.25, -0.2) is 0 Å². The molecule has 110 valence electrons. The predicted molar refractivity (Wildman–Crippen MR) is 83.9 cm³/mol. The van der Waals surface area contributed by atoms with Crippen LogP contribution in [0, 0.1) is 0 Å². The number of halogens is 1. The summed E-state index contributed by atoms with van der Waals surface area (Å²) >= 11 is 3.54. The molecule has 5 nitrogen and oxygen atoms in total. The number of nitrogens with two attached hydrogens (primary N) is 1. The average Bonchev–Trinajstić information content (AvgIpc) is 2.70. The molecule has 0 saturated carbocycles. The molecule has 1 unspecified atom stereocenters. The second kappa shape index (κ2) is 6.56. The van der Waals surface area contributed by atoms with Crippen molar-refractivity contribution in [1.29, 1.82) is 0 Å². The summed E-state index contributed by atoms with van der Waals surface area (Å²) in [6.45, 7) is 3.67. The third kappa shape index (κ3) is 2.97. The van der Waals surface area contributed by atoms with Crippen LogP contribution in [0.3, 0.4) is 0 Å². The topological polar surface area (TPSA) is 78.6 Å². The number of rotatable bonds is 6. The van der Waals surface area contributed by atoms with Crippen LogP contribution >= 0.6 is 15.9 Å². The van der Waals surface area contributed by atoms with Gasteiger partial charge in [-0.05, 0) is 34.5 Å². The molecule has 20 heavy (non-hydrogen) atoms. The van der Waals surface area contributed by atoms with Gasteiger partial charge in [-0.15, -0.1) is 0 Å². The van der Waals surface area contributed by atoms with Gasteiger partial charge in [-0.2, -0.15) is 0 Å². The lowest BCUT2D eigenvalue weighted by Crippen LogP contribution is -2.28. The van der Waals surface area contributed by atoms with Crippen LogP contribution in [0.15, 0.2) is 16.6 Å². The largest absolute Gasteiger partial charge is 0.395 e. The summed E-state index contributed by atoms with van der Waals surface area (Å²) in [5.74, 6) is -0.175. The number of carbonyl (C=O) groups excluding carboxylic acids is 1. The van der Waals surface area contributed by atoms with E-state index in [2.05, 4.69) is 33.1 Å². The van der Waals surface area contributed by atoms with Gasteiger partial charge in [0.05, 0.1) is 12.3 Å². The molecule has 1 aliphatic rings. The number of nitrogens with zero attached hydrogens (tertiary/aromatic N) is 1. The Bertz CT molecular complexity index is 507. The molecule has 1 amide bonds. The van der Waals surface area contributed by atoms with Crippen molar-refractivity contribution in [3.8, 4) is 0 Å². The number of aliphatic hydroxyl groups excluding tert-OH is 1. The van der Waals surface area contributed by atoms with E-state index >= 15 is 0 Å². The van der Waals surface area contributed by atoms with Crippen molar-refractivity contribution in [3.63, 3.8) is 0 Å². The maximum atomic E-state index is 11.6. The fourth-order valence-corrected chi connectivity index (χ4v) is 2.97. The number of unbranched alkanes of at least 4 members (excludes halogenated alkanes) is 1. The first kappa shape index (κ1) is 15.3. The number of nitrogens with one attached hydrogen (secondary N) is 1. The van der Waals surface area contributed by atoms with Gasteiger partial charge in [0, 0.05) is 28.8 Å². The van der Waals surface area contributed by atoms with Gasteiger partial charge >= 0.3 is 0 Å². The number of hydrogen-bond donors (Lipinski definition) is 3. The zero-order valence-electron chi connectivity index (χ0n) is 11.5. The molecule has 0 radical (unpaired) electrons. The number of benzene rings is 1. The fraction of sp³-hybridized carbons (Fsp3) is 0.500. The molecule has 0 fully saturated rings. The van der Waals surface area contributed by atoms with Crippen LogP contribution in [0.4, 0.5) is 11.4 Å². The molecule has 2 rings (SSSR count). The summed E-state index contributed by atoms with van der Waals surface area (Å²) in [6, 6.07) is 3.22. The molecular weight excluding hydrogens is 322 g/mol. The summed E-state index contributed by atoms with van der Waals surface area (Å²) in [5, 5.41) is 12.0. The van der Waals surface area contributed by atoms with E-state index in [9.17, 15) is 9.90 Å². The van der Waals surface area contributed by atoms with Gasteiger partial charge in [0.2, 0.25) is 5.91 Å². The van der Waals surface area contributed by atoms with Crippen molar-refractivity contribution in [2.24, 2.45) is 5.73 Å². The highest BCUT2D eigenvalue weighted by atomic mass is 79.9.